The Morgan fingerprint density at radius 1 is 1.08 bits per heavy atom. The number of nitrogens with zero attached hydrogens (tertiary/aromatic N) is 3. The van der Waals surface area contributed by atoms with Gasteiger partial charge in [0, 0.05) is 23.3 Å². The molecule has 5 rings (SSSR count). The highest BCUT2D eigenvalue weighted by atomic mass is 32.2. The Labute approximate surface area is 213 Å². The normalized spacial score (nSPS) is 13.8. The summed E-state index contributed by atoms with van der Waals surface area (Å²) in [5.74, 6) is 0.357. The van der Waals surface area contributed by atoms with E-state index in [0.717, 1.165) is 28.9 Å². The van der Waals surface area contributed by atoms with Crippen molar-refractivity contribution < 1.29 is 22.7 Å². The average Bonchev–Trinajstić information content (AvgIpc) is 3.52. The van der Waals surface area contributed by atoms with Gasteiger partial charge in [0.05, 0.1) is 49.1 Å². The van der Waals surface area contributed by atoms with Crippen molar-refractivity contribution in [3.63, 3.8) is 0 Å². The summed E-state index contributed by atoms with van der Waals surface area (Å²) >= 11 is 1.23. The van der Waals surface area contributed by atoms with Gasteiger partial charge in [0.25, 0.3) is 0 Å². The smallest absolute Gasteiger partial charge is 0.340 e. The van der Waals surface area contributed by atoms with E-state index in [0.29, 0.717) is 29.5 Å². The Morgan fingerprint density at radius 3 is 2.47 bits per heavy atom. The van der Waals surface area contributed by atoms with Gasteiger partial charge in [-0.3, -0.25) is 4.72 Å². The fourth-order valence-corrected chi connectivity index (χ4v) is 5.61. The number of carbonyl (C=O) groups is 1. The number of thiazole rings is 1. The lowest BCUT2D eigenvalue weighted by Gasteiger charge is -2.41. The zero-order valence-electron chi connectivity index (χ0n) is 19.6. The Balaban J connectivity index is 1.26. The molecule has 2 aromatic heterocycles. The number of anilines is 2. The van der Waals surface area contributed by atoms with Crippen LogP contribution in [0.15, 0.2) is 72.4 Å². The predicted octanol–water partition coefficient (Wildman–Crippen LogP) is 4.03. The van der Waals surface area contributed by atoms with Crippen LogP contribution < -0.4 is 14.4 Å². The minimum atomic E-state index is -3.36. The second-order valence-electron chi connectivity index (χ2n) is 8.34. The second-order valence-corrected chi connectivity index (χ2v) is 10.9. The maximum Gasteiger partial charge on any atom is 0.340 e. The third-order valence-electron chi connectivity index (χ3n) is 5.70. The first-order chi connectivity index (χ1) is 17.3. The first kappa shape index (κ1) is 23.9. The Bertz CT molecular complexity index is 1480. The van der Waals surface area contributed by atoms with Gasteiger partial charge in [-0.15, -0.1) is 11.3 Å². The first-order valence-corrected chi connectivity index (χ1v) is 13.9. The van der Waals surface area contributed by atoms with Gasteiger partial charge < -0.3 is 18.9 Å². The van der Waals surface area contributed by atoms with Gasteiger partial charge in [-0.2, -0.15) is 0 Å². The van der Waals surface area contributed by atoms with Crippen LogP contribution in [0.3, 0.4) is 0 Å². The topological polar surface area (TPSA) is 103 Å². The molecule has 1 aliphatic rings. The van der Waals surface area contributed by atoms with Crippen molar-refractivity contribution in [2.45, 2.75) is 6.10 Å². The van der Waals surface area contributed by atoms with E-state index in [4.69, 9.17) is 9.47 Å². The molecule has 2 aromatic carbocycles. The molecule has 0 aliphatic carbocycles. The molecule has 0 atom stereocenters. The Kier molecular flexibility index (Phi) is 6.42. The van der Waals surface area contributed by atoms with Gasteiger partial charge in [-0.1, -0.05) is 6.07 Å². The van der Waals surface area contributed by atoms with Crippen LogP contribution in [0.5, 0.6) is 5.75 Å². The van der Waals surface area contributed by atoms with Crippen LogP contribution in [-0.2, 0) is 14.8 Å². The Morgan fingerprint density at radius 2 is 1.81 bits per heavy atom. The fraction of sp³-hybridized carbons (Fsp3) is 0.200. The molecule has 186 valence electrons. The molecule has 0 bridgehead atoms. The van der Waals surface area contributed by atoms with Crippen molar-refractivity contribution in [2.24, 2.45) is 0 Å². The van der Waals surface area contributed by atoms with Gasteiger partial charge in [0.2, 0.25) is 10.0 Å². The summed E-state index contributed by atoms with van der Waals surface area (Å²) in [5, 5.41) is 2.13. The number of aromatic nitrogens is 2. The molecule has 9 nitrogen and oxygen atoms in total. The monoisotopic (exact) mass is 524 g/mol. The molecule has 4 aromatic rings. The average molecular weight is 525 g/mol. The molecule has 36 heavy (non-hydrogen) atoms. The molecular formula is C25H24N4O5S2. The minimum absolute atomic E-state index is 0.0000176. The fourth-order valence-electron chi connectivity index (χ4n) is 4.03. The van der Waals surface area contributed by atoms with Crippen LogP contribution in [0.1, 0.15) is 10.4 Å². The number of benzene rings is 2. The van der Waals surface area contributed by atoms with Crippen LogP contribution in [-0.4, -0.2) is 56.5 Å². The number of carbonyl (C=O) groups excluding carboxylic acids is 1. The third-order valence-corrected chi connectivity index (χ3v) is 7.15. The van der Waals surface area contributed by atoms with Gasteiger partial charge in [-0.25, -0.2) is 18.2 Å². The third kappa shape index (κ3) is 5.07. The van der Waals surface area contributed by atoms with E-state index in [1.54, 1.807) is 11.4 Å². The van der Waals surface area contributed by atoms with Crippen molar-refractivity contribution in [3.8, 4) is 22.7 Å². The van der Waals surface area contributed by atoms with E-state index in [2.05, 4.69) is 14.6 Å². The maximum atomic E-state index is 12.4. The number of hydrogen-bond acceptors (Lipinski definition) is 8. The van der Waals surface area contributed by atoms with Crippen molar-refractivity contribution in [1.29, 1.82) is 0 Å². The Hall–Kier alpha value is -3.83. The van der Waals surface area contributed by atoms with Crippen LogP contribution in [0.4, 0.5) is 10.8 Å². The molecule has 0 unspecified atom stereocenters. The van der Waals surface area contributed by atoms with Gasteiger partial charge >= 0.3 is 5.97 Å². The number of para-hydroxylation sites is 1. The molecule has 11 heteroatoms. The summed E-state index contributed by atoms with van der Waals surface area (Å²) in [5.41, 5.74) is 3.78. The number of nitrogens with one attached hydrogen (secondary N) is 1. The summed E-state index contributed by atoms with van der Waals surface area (Å²) < 4.78 is 38.2. The van der Waals surface area contributed by atoms with Crippen molar-refractivity contribution in [2.75, 3.05) is 36.1 Å². The van der Waals surface area contributed by atoms with Crippen molar-refractivity contribution >= 4 is 38.1 Å². The van der Waals surface area contributed by atoms with E-state index >= 15 is 0 Å². The quantitative estimate of drug-likeness (QED) is 0.347. The van der Waals surface area contributed by atoms with E-state index in [1.807, 2.05) is 65.5 Å². The highest BCUT2D eigenvalue weighted by Gasteiger charge is 2.32. The summed E-state index contributed by atoms with van der Waals surface area (Å²) in [6.07, 6.45) is 4.91. The number of ether oxygens (including phenoxy) is 2. The molecule has 0 radical (unpaired) electrons. The maximum absolute atomic E-state index is 12.4. The highest BCUT2D eigenvalue weighted by molar-refractivity contribution is 7.92. The molecule has 1 saturated heterocycles. The lowest BCUT2D eigenvalue weighted by Crippen LogP contribution is -2.54. The van der Waals surface area contributed by atoms with Gasteiger partial charge in [-0.05, 0) is 48.5 Å². The van der Waals surface area contributed by atoms with Crippen molar-refractivity contribution in [1.82, 2.24) is 9.55 Å². The zero-order chi connectivity index (χ0) is 25.3. The van der Waals surface area contributed by atoms with Gasteiger partial charge in [0.1, 0.15) is 11.9 Å². The number of esters is 1. The predicted molar refractivity (Wildman–Crippen MR) is 140 cm³/mol. The molecule has 0 saturated carbocycles. The van der Waals surface area contributed by atoms with Gasteiger partial charge in [0.15, 0.2) is 5.13 Å². The summed E-state index contributed by atoms with van der Waals surface area (Å²) in [6.45, 7) is 1.35. The molecule has 1 N–H and O–H groups in total. The minimum Gasteiger partial charge on any atom is -0.487 e. The lowest BCUT2D eigenvalue weighted by molar-refractivity contribution is 0.0600. The largest absolute Gasteiger partial charge is 0.487 e. The van der Waals surface area contributed by atoms with Crippen LogP contribution in [0, 0.1) is 0 Å². The van der Waals surface area contributed by atoms with E-state index in [1.165, 1.54) is 18.4 Å². The SMILES string of the molecule is COC(=O)c1cccc(N2CC(Oc3ccc(-c4csc(NS(C)(=O)=O)n4)cc3)C2)c1-n1cccc1. The van der Waals surface area contributed by atoms with E-state index in [9.17, 15) is 13.2 Å². The van der Waals surface area contributed by atoms with E-state index < -0.39 is 10.0 Å². The molecule has 3 heterocycles. The number of rotatable bonds is 8. The standard InChI is InChI=1S/C25H24N4O5S2/c1-33-24(30)20-6-5-7-22(23(20)28-12-3-4-13-28)29-14-19(15-29)34-18-10-8-17(9-11-18)21-16-35-25(26-21)27-36(2,31)32/h3-13,16,19H,14-15H2,1-2H3,(H,26,27). The summed E-state index contributed by atoms with van der Waals surface area (Å²) in [4.78, 5) is 18.9. The molecular weight excluding hydrogens is 500 g/mol. The molecule has 1 aliphatic heterocycles. The van der Waals surface area contributed by atoms with E-state index in [-0.39, 0.29) is 12.1 Å². The molecule has 0 spiro atoms. The highest BCUT2D eigenvalue weighted by Crippen LogP contribution is 2.33. The lowest BCUT2D eigenvalue weighted by atomic mass is 10.1. The van der Waals surface area contributed by atoms with Crippen LogP contribution in [0.2, 0.25) is 0 Å². The number of sulfonamides is 1. The zero-order valence-corrected chi connectivity index (χ0v) is 21.3. The summed E-state index contributed by atoms with van der Waals surface area (Å²) in [7, 11) is -1.98. The molecule has 0 amide bonds. The second kappa shape index (κ2) is 9.67. The first-order valence-electron chi connectivity index (χ1n) is 11.1. The van der Waals surface area contributed by atoms with Crippen LogP contribution in [0.25, 0.3) is 16.9 Å². The summed E-state index contributed by atoms with van der Waals surface area (Å²) in [6, 6.07) is 17.0. The number of methoxy groups -OCH3 is 1. The number of hydrogen-bond donors (Lipinski definition) is 1. The van der Waals surface area contributed by atoms with Crippen LogP contribution >= 0.6 is 11.3 Å². The van der Waals surface area contributed by atoms with Crippen molar-refractivity contribution in [3.05, 3.63) is 77.9 Å². The molecule has 1 fully saturated rings.